The molecule has 1 atom stereocenters. The third-order valence-electron chi connectivity index (χ3n) is 6.83. The second kappa shape index (κ2) is 15.8. The maximum atomic E-state index is 9.74. The van der Waals surface area contributed by atoms with Gasteiger partial charge in [0, 0.05) is 31.7 Å². The topological polar surface area (TPSA) is 129 Å². The Morgan fingerprint density at radius 1 is 1.05 bits per heavy atom. The molecule has 4 heterocycles. The van der Waals surface area contributed by atoms with Crippen LogP contribution in [0, 0.1) is 0 Å². The van der Waals surface area contributed by atoms with E-state index in [0.717, 1.165) is 107 Å². The summed E-state index contributed by atoms with van der Waals surface area (Å²) in [6.07, 6.45) is 8.98. The minimum absolute atomic E-state index is 0.0133. The van der Waals surface area contributed by atoms with E-state index in [9.17, 15) is 5.11 Å². The van der Waals surface area contributed by atoms with Gasteiger partial charge >= 0.3 is 0 Å². The molecular weight excluding hydrogens is 522 g/mol. The second-order valence-electron chi connectivity index (χ2n) is 9.76. The first kappa shape index (κ1) is 28.6. The van der Waals surface area contributed by atoms with E-state index in [1.165, 1.54) is 12.5 Å². The van der Waals surface area contributed by atoms with Gasteiger partial charge < -0.3 is 24.8 Å². The minimum Gasteiger partial charge on any atom is -0.506 e. The van der Waals surface area contributed by atoms with Gasteiger partial charge in [0.15, 0.2) is 5.01 Å². The van der Waals surface area contributed by atoms with E-state index >= 15 is 0 Å². The summed E-state index contributed by atoms with van der Waals surface area (Å²) in [6.45, 7) is 8.02. The highest BCUT2D eigenvalue weighted by Crippen LogP contribution is 2.16. The number of aromatic nitrogens is 3. The summed E-state index contributed by atoms with van der Waals surface area (Å²) in [6, 6.07) is 4.64. The average molecular weight is 562 g/mol. The number of rotatable bonds is 14. The van der Waals surface area contributed by atoms with Crippen molar-refractivity contribution in [2.45, 2.75) is 50.3 Å². The van der Waals surface area contributed by atoms with Gasteiger partial charge in [0.25, 0.3) is 0 Å². The molecule has 0 spiro atoms. The highest BCUT2D eigenvalue weighted by atomic mass is 32.1. The zero-order chi connectivity index (χ0) is 26.4. The number of morpholine rings is 1. The monoisotopic (exact) mass is 561 g/mol. The zero-order valence-corrected chi connectivity index (χ0v) is 24.2. The number of hydrogen-bond donors (Lipinski definition) is 2. The van der Waals surface area contributed by atoms with Crippen molar-refractivity contribution in [2.75, 3.05) is 52.5 Å². The molecule has 11 nitrogen and oxygen atoms in total. The molecule has 0 radical (unpaired) electrons. The zero-order valence-electron chi connectivity index (χ0n) is 22.0. The SMILES string of the molecule is O/N=C/c1nc(CCCCN2CC[SiH2]C(O/N=C/c3nnc(CCCCN4CCOCC4)s3)C2)ccc1O. The molecule has 2 aromatic rings. The molecule has 13 heteroatoms. The highest BCUT2D eigenvalue weighted by molar-refractivity contribution is 7.12. The molecule has 2 aliphatic heterocycles. The fourth-order valence-electron chi connectivity index (χ4n) is 4.76. The van der Waals surface area contributed by atoms with Crippen molar-refractivity contribution in [1.82, 2.24) is 25.0 Å². The lowest BCUT2D eigenvalue weighted by atomic mass is 10.1. The summed E-state index contributed by atoms with van der Waals surface area (Å²) < 4.78 is 5.40. The Bertz CT molecular complexity index is 1030. The van der Waals surface area contributed by atoms with E-state index in [-0.39, 0.29) is 26.7 Å². The minimum atomic E-state index is -0.300. The number of unbranched alkanes of at least 4 members (excludes halogenated alkanes) is 2. The number of nitrogens with zero attached hydrogens (tertiary/aromatic N) is 7. The van der Waals surface area contributed by atoms with Crippen LogP contribution in [0.15, 0.2) is 22.4 Å². The van der Waals surface area contributed by atoms with E-state index in [0.29, 0.717) is 0 Å². The first-order chi connectivity index (χ1) is 18.7. The third-order valence-corrected chi connectivity index (χ3v) is 9.53. The number of aromatic hydroxyl groups is 1. The number of hydrogen-bond acceptors (Lipinski definition) is 12. The van der Waals surface area contributed by atoms with Gasteiger partial charge in [-0.15, -0.1) is 10.2 Å². The lowest BCUT2D eigenvalue weighted by Gasteiger charge is -2.30. The molecule has 2 aromatic heterocycles. The molecule has 4 rings (SSSR count). The van der Waals surface area contributed by atoms with Crippen LogP contribution in [0.5, 0.6) is 5.75 Å². The molecule has 0 amide bonds. The molecular formula is C25H39N7O4SSi. The molecule has 0 aliphatic carbocycles. The molecule has 2 fully saturated rings. The van der Waals surface area contributed by atoms with E-state index in [4.69, 9.17) is 14.8 Å². The average Bonchev–Trinajstić information content (AvgIpc) is 3.39. The lowest BCUT2D eigenvalue weighted by Crippen LogP contribution is -2.43. The van der Waals surface area contributed by atoms with E-state index in [1.807, 2.05) is 6.07 Å². The Morgan fingerprint density at radius 2 is 1.87 bits per heavy atom. The second-order valence-corrected chi connectivity index (χ2v) is 13.0. The number of ether oxygens (including phenoxy) is 1. The summed E-state index contributed by atoms with van der Waals surface area (Å²) in [5, 5.41) is 36.1. The largest absolute Gasteiger partial charge is 0.506 e. The van der Waals surface area contributed by atoms with Crippen molar-refractivity contribution in [3.63, 3.8) is 0 Å². The van der Waals surface area contributed by atoms with Crippen molar-refractivity contribution in [3.8, 4) is 5.75 Å². The normalized spacial score (nSPS) is 20.2. The molecule has 2 N–H and O–H groups in total. The Balaban J connectivity index is 1.09. The van der Waals surface area contributed by atoms with Crippen LogP contribution in [-0.2, 0) is 22.4 Å². The van der Waals surface area contributed by atoms with Gasteiger partial charge in [0.05, 0.1) is 28.9 Å². The molecule has 208 valence electrons. The number of pyridine rings is 1. The van der Waals surface area contributed by atoms with Crippen molar-refractivity contribution < 1.29 is 19.9 Å². The Labute approximate surface area is 230 Å². The summed E-state index contributed by atoms with van der Waals surface area (Å²) in [5.41, 5.74) is 1.40. The Hall–Kier alpha value is -2.45. The van der Waals surface area contributed by atoms with Crippen LogP contribution >= 0.6 is 11.3 Å². The van der Waals surface area contributed by atoms with Crippen LogP contribution in [0.2, 0.25) is 6.04 Å². The van der Waals surface area contributed by atoms with Gasteiger partial charge in [-0.1, -0.05) is 21.6 Å². The molecule has 0 bridgehead atoms. The van der Waals surface area contributed by atoms with E-state index < -0.39 is 0 Å². The quantitative estimate of drug-likeness (QED) is 0.116. The van der Waals surface area contributed by atoms with Gasteiger partial charge in [0.2, 0.25) is 0 Å². The Kier molecular flexibility index (Phi) is 11.9. The summed E-state index contributed by atoms with van der Waals surface area (Å²) in [7, 11) is -0.300. The molecule has 0 saturated carbocycles. The number of oxime groups is 2. The predicted octanol–water partition coefficient (Wildman–Crippen LogP) is 1.70. The van der Waals surface area contributed by atoms with E-state index in [1.54, 1.807) is 23.6 Å². The van der Waals surface area contributed by atoms with Gasteiger partial charge in [-0.2, -0.15) is 0 Å². The molecule has 0 aromatic carbocycles. The number of aryl methyl sites for hydroxylation is 2. The van der Waals surface area contributed by atoms with Crippen LogP contribution in [0.25, 0.3) is 0 Å². The fourth-order valence-corrected chi connectivity index (χ4v) is 7.33. The van der Waals surface area contributed by atoms with E-state index in [2.05, 4.69) is 35.3 Å². The smallest absolute Gasteiger partial charge is 0.162 e. The van der Waals surface area contributed by atoms with Crippen molar-refractivity contribution in [1.29, 1.82) is 0 Å². The highest BCUT2D eigenvalue weighted by Gasteiger charge is 2.21. The first-order valence-electron chi connectivity index (χ1n) is 13.6. The third kappa shape index (κ3) is 9.69. The maximum absolute atomic E-state index is 9.74. The maximum Gasteiger partial charge on any atom is 0.162 e. The summed E-state index contributed by atoms with van der Waals surface area (Å²) >= 11 is 1.60. The lowest BCUT2D eigenvalue weighted by molar-refractivity contribution is 0.0372. The van der Waals surface area contributed by atoms with Gasteiger partial charge in [-0.3, -0.25) is 4.90 Å². The van der Waals surface area contributed by atoms with Gasteiger partial charge in [-0.05, 0) is 69.9 Å². The predicted molar refractivity (Wildman–Crippen MR) is 151 cm³/mol. The van der Waals surface area contributed by atoms with Crippen LogP contribution in [0.1, 0.15) is 47.1 Å². The van der Waals surface area contributed by atoms with Crippen LogP contribution in [-0.4, -0.2) is 115 Å². The molecule has 1 unspecified atom stereocenters. The molecule has 38 heavy (non-hydrogen) atoms. The molecule has 2 aliphatic rings. The van der Waals surface area contributed by atoms with Crippen LogP contribution in [0.3, 0.4) is 0 Å². The summed E-state index contributed by atoms with van der Waals surface area (Å²) in [5.74, 6) is 0.0133. The first-order valence-corrected chi connectivity index (χ1v) is 16.2. The standard InChI is InChI=1S/C25H39N7O4SSi/c33-22-8-7-20(28-21(22)17-26-34)5-1-3-10-32-13-16-38-25(19-32)36-27-18-24-30-29-23(37-24)6-2-4-9-31-11-14-35-15-12-31/h7-8,17-18,25,33-34H,1-6,9-16,19,38H2/b26-17+,27-18+. The van der Waals surface area contributed by atoms with Gasteiger partial charge in [0.1, 0.15) is 28.4 Å². The van der Waals surface area contributed by atoms with Crippen molar-refractivity contribution >= 4 is 33.3 Å². The van der Waals surface area contributed by atoms with Crippen LogP contribution in [0.4, 0.5) is 0 Å². The van der Waals surface area contributed by atoms with Crippen LogP contribution < -0.4 is 0 Å². The molecule has 2 saturated heterocycles. The fraction of sp³-hybridized carbons (Fsp3) is 0.640. The van der Waals surface area contributed by atoms with Crippen molar-refractivity contribution in [2.24, 2.45) is 10.3 Å². The van der Waals surface area contributed by atoms with Gasteiger partial charge in [-0.25, -0.2) is 4.98 Å². The Morgan fingerprint density at radius 3 is 2.71 bits per heavy atom. The van der Waals surface area contributed by atoms with Crippen molar-refractivity contribution in [3.05, 3.63) is 33.5 Å². The summed E-state index contributed by atoms with van der Waals surface area (Å²) in [4.78, 5) is 15.1.